The van der Waals surface area contributed by atoms with Crippen LogP contribution in [0, 0.1) is 0 Å². The van der Waals surface area contributed by atoms with Crippen LogP contribution in [0.25, 0.3) is 6.08 Å². The number of benzene rings is 1. The van der Waals surface area contributed by atoms with Gasteiger partial charge in [0, 0.05) is 6.54 Å². The topological polar surface area (TPSA) is 67.9 Å². The Hall–Kier alpha value is -2.47. The van der Waals surface area contributed by atoms with Gasteiger partial charge in [-0.15, -0.1) is 6.58 Å². The molecule has 1 aromatic rings. The largest absolute Gasteiger partial charge is 0.493 e. The lowest BCUT2D eigenvalue weighted by molar-refractivity contribution is -0.122. The van der Waals surface area contributed by atoms with Crippen molar-refractivity contribution < 1.29 is 19.1 Å². The Morgan fingerprint density at radius 3 is 2.67 bits per heavy atom. The first-order valence-corrected chi connectivity index (χ1v) is 7.74. The number of carbonyl (C=O) groups is 2. The summed E-state index contributed by atoms with van der Waals surface area (Å²) in [5, 5.41) is 2.88. The number of urea groups is 1. The van der Waals surface area contributed by atoms with Crippen molar-refractivity contribution in [3.8, 4) is 11.5 Å². The molecule has 2 rings (SSSR count). The average molecular weight is 351 g/mol. The fraction of sp³-hybridized carbons (Fsp3) is 0.294. The van der Waals surface area contributed by atoms with Gasteiger partial charge in [-0.2, -0.15) is 0 Å². The molecule has 0 bridgehead atoms. The van der Waals surface area contributed by atoms with Crippen LogP contribution in [0.1, 0.15) is 19.4 Å². The number of rotatable bonds is 6. The number of imide groups is 1. The van der Waals surface area contributed by atoms with E-state index in [1.54, 1.807) is 12.1 Å². The summed E-state index contributed by atoms with van der Waals surface area (Å²) in [6, 6.07) is 2.85. The highest BCUT2D eigenvalue weighted by atomic mass is 35.5. The Kier molecular flexibility index (Phi) is 5.51. The maximum atomic E-state index is 12.2. The third kappa shape index (κ3) is 3.71. The minimum Gasteiger partial charge on any atom is -0.493 e. The van der Waals surface area contributed by atoms with E-state index in [9.17, 15) is 9.59 Å². The first-order valence-electron chi connectivity index (χ1n) is 7.37. The number of halogens is 1. The predicted octanol–water partition coefficient (Wildman–Crippen LogP) is 3.21. The maximum Gasteiger partial charge on any atom is 0.329 e. The van der Waals surface area contributed by atoms with Gasteiger partial charge in [0.05, 0.1) is 18.2 Å². The summed E-state index contributed by atoms with van der Waals surface area (Å²) in [7, 11) is 1.50. The van der Waals surface area contributed by atoms with E-state index in [-0.39, 0.29) is 18.3 Å². The van der Waals surface area contributed by atoms with Gasteiger partial charge in [0.15, 0.2) is 11.5 Å². The summed E-state index contributed by atoms with van der Waals surface area (Å²) in [6.45, 7) is 7.44. The van der Waals surface area contributed by atoms with Gasteiger partial charge in [-0.1, -0.05) is 17.7 Å². The van der Waals surface area contributed by atoms with E-state index in [1.807, 2.05) is 13.8 Å². The van der Waals surface area contributed by atoms with Crippen LogP contribution in [0.2, 0.25) is 5.02 Å². The molecule has 3 amide bonds. The zero-order chi connectivity index (χ0) is 17.9. The number of methoxy groups -OCH3 is 1. The SMILES string of the molecule is C=CCN1C(=O)N/C(=C/c2cc(Cl)c(OC(C)C)c(OC)c2)C1=O. The standard InChI is InChI=1S/C17H19ClN2O4/c1-5-6-20-16(21)13(19-17(20)22)8-11-7-12(18)15(24-10(2)3)14(9-11)23-4/h5,7-10H,1,6H2,2-4H3,(H,19,22)/b13-8+. The molecule has 24 heavy (non-hydrogen) atoms. The second kappa shape index (κ2) is 7.40. The van der Waals surface area contributed by atoms with Crippen molar-refractivity contribution in [3.63, 3.8) is 0 Å². The minimum absolute atomic E-state index is 0.0660. The fourth-order valence-corrected chi connectivity index (χ4v) is 2.47. The number of carbonyl (C=O) groups excluding carboxylic acids is 2. The van der Waals surface area contributed by atoms with Crippen LogP contribution in [0.3, 0.4) is 0 Å². The molecule has 1 saturated heterocycles. The Bertz CT molecular complexity index is 713. The van der Waals surface area contributed by atoms with Crippen LogP contribution < -0.4 is 14.8 Å². The van der Waals surface area contributed by atoms with Gasteiger partial charge in [-0.3, -0.25) is 9.69 Å². The van der Waals surface area contributed by atoms with Crippen molar-refractivity contribution in [2.45, 2.75) is 20.0 Å². The molecule has 0 saturated carbocycles. The summed E-state index contributed by atoms with van der Waals surface area (Å²) in [4.78, 5) is 25.0. The number of nitrogens with zero attached hydrogens (tertiary/aromatic N) is 1. The molecular formula is C17H19ClN2O4. The summed E-state index contributed by atoms with van der Waals surface area (Å²) in [5.74, 6) is 0.464. The summed E-state index contributed by atoms with van der Waals surface area (Å²) < 4.78 is 11.0. The van der Waals surface area contributed by atoms with Crippen molar-refractivity contribution in [1.29, 1.82) is 0 Å². The molecule has 0 radical (unpaired) electrons. The quantitative estimate of drug-likeness (QED) is 0.486. The monoisotopic (exact) mass is 350 g/mol. The third-order valence-corrected chi connectivity index (χ3v) is 3.47. The first-order chi connectivity index (χ1) is 11.4. The average Bonchev–Trinajstić information content (AvgIpc) is 2.77. The highest BCUT2D eigenvalue weighted by molar-refractivity contribution is 6.32. The summed E-state index contributed by atoms with van der Waals surface area (Å²) in [6.07, 6.45) is 2.96. The van der Waals surface area contributed by atoms with Crippen LogP contribution in [0.4, 0.5) is 4.79 Å². The molecule has 6 nitrogen and oxygen atoms in total. The lowest BCUT2D eigenvalue weighted by Crippen LogP contribution is -2.30. The van der Waals surface area contributed by atoms with E-state index < -0.39 is 11.9 Å². The van der Waals surface area contributed by atoms with Gasteiger partial charge in [0.2, 0.25) is 0 Å². The number of hydrogen-bond acceptors (Lipinski definition) is 4. The molecule has 7 heteroatoms. The lowest BCUT2D eigenvalue weighted by atomic mass is 10.1. The van der Waals surface area contributed by atoms with E-state index in [0.29, 0.717) is 22.1 Å². The van der Waals surface area contributed by atoms with Crippen molar-refractivity contribution in [2.75, 3.05) is 13.7 Å². The highest BCUT2D eigenvalue weighted by Crippen LogP contribution is 2.37. The molecule has 1 heterocycles. The maximum absolute atomic E-state index is 12.2. The van der Waals surface area contributed by atoms with Crippen molar-refractivity contribution in [1.82, 2.24) is 10.2 Å². The molecule has 0 atom stereocenters. The Balaban J connectivity index is 2.36. The first kappa shape index (κ1) is 17.9. The van der Waals surface area contributed by atoms with Crippen LogP contribution in [0.5, 0.6) is 11.5 Å². The van der Waals surface area contributed by atoms with Crippen molar-refractivity contribution >= 4 is 29.6 Å². The Morgan fingerprint density at radius 2 is 2.08 bits per heavy atom. The fourth-order valence-electron chi connectivity index (χ4n) is 2.21. The lowest BCUT2D eigenvalue weighted by Gasteiger charge is -2.15. The molecule has 1 aliphatic heterocycles. The Morgan fingerprint density at radius 1 is 1.38 bits per heavy atom. The van der Waals surface area contributed by atoms with Gasteiger partial charge in [0.1, 0.15) is 5.70 Å². The summed E-state index contributed by atoms with van der Waals surface area (Å²) >= 11 is 6.26. The molecule has 0 spiro atoms. The summed E-state index contributed by atoms with van der Waals surface area (Å²) in [5.41, 5.74) is 0.773. The van der Waals surface area contributed by atoms with Gasteiger partial charge < -0.3 is 14.8 Å². The third-order valence-electron chi connectivity index (χ3n) is 3.19. The molecule has 1 fully saturated rings. The van der Waals surface area contributed by atoms with Gasteiger partial charge in [-0.25, -0.2) is 4.79 Å². The van der Waals surface area contributed by atoms with Crippen LogP contribution in [0.15, 0.2) is 30.5 Å². The molecular weight excluding hydrogens is 332 g/mol. The van der Waals surface area contributed by atoms with Crippen molar-refractivity contribution in [2.24, 2.45) is 0 Å². The second-order valence-corrected chi connectivity index (χ2v) is 5.80. The second-order valence-electron chi connectivity index (χ2n) is 5.39. The smallest absolute Gasteiger partial charge is 0.329 e. The van der Waals surface area contributed by atoms with Gasteiger partial charge in [-0.05, 0) is 37.6 Å². The molecule has 0 unspecified atom stereocenters. The zero-order valence-electron chi connectivity index (χ0n) is 13.8. The molecule has 1 N–H and O–H groups in total. The Labute approximate surface area is 145 Å². The number of nitrogens with one attached hydrogen (secondary N) is 1. The van der Waals surface area contributed by atoms with Crippen molar-refractivity contribution in [3.05, 3.63) is 41.1 Å². The van der Waals surface area contributed by atoms with Gasteiger partial charge in [0.25, 0.3) is 5.91 Å². The van der Waals surface area contributed by atoms with E-state index in [1.165, 1.54) is 19.3 Å². The van der Waals surface area contributed by atoms with Crippen LogP contribution in [-0.2, 0) is 4.79 Å². The van der Waals surface area contributed by atoms with Gasteiger partial charge >= 0.3 is 6.03 Å². The highest BCUT2D eigenvalue weighted by Gasteiger charge is 2.32. The number of amides is 3. The zero-order valence-corrected chi connectivity index (χ0v) is 14.5. The molecule has 0 aromatic heterocycles. The van der Waals surface area contributed by atoms with E-state index in [0.717, 1.165) is 4.90 Å². The van der Waals surface area contributed by atoms with E-state index >= 15 is 0 Å². The molecule has 1 aliphatic rings. The van der Waals surface area contributed by atoms with E-state index in [2.05, 4.69) is 11.9 Å². The molecule has 0 aliphatic carbocycles. The van der Waals surface area contributed by atoms with E-state index in [4.69, 9.17) is 21.1 Å². The van der Waals surface area contributed by atoms with Crippen LogP contribution >= 0.6 is 11.6 Å². The number of ether oxygens (including phenoxy) is 2. The molecule has 128 valence electrons. The molecule has 1 aromatic carbocycles. The minimum atomic E-state index is -0.482. The normalized spacial score (nSPS) is 15.9. The predicted molar refractivity (Wildman–Crippen MR) is 92.2 cm³/mol. The van der Waals surface area contributed by atoms with Crippen LogP contribution in [-0.4, -0.2) is 36.6 Å². The number of hydrogen-bond donors (Lipinski definition) is 1.